The number of carbonyl (C=O) groups excluding carboxylic acids is 1. The maximum absolute atomic E-state index is 10.8. The molecule has 1 heterocycles. The Kier molecular flexibility index (Phi) is 5.67. The molecule has 0 fully saturated rings. The van der Waals surface area contributed by atoms with Crippen molar-refractivity contribution in [2.45, 2.75) is 11.8 Å². The van der Waals surface area contributed by atoms with Crippen molar-refractivity contribution in [2.75, 3.05) is 5.75 Å². The van der Waals surface area contributed by atoms with Gasteiger partial charge in [0.05, 0.1) is 0 Å². The Morgan fingerprint density at radius 2 is 2.50 bits per heavy atom. The molecule has 0 radical (unpaired) electrons. The quantitative estimate of drug-likeness (QED) is 0.691. The number of pyridine rings is 1. The van der Waals surface area contributed by atoms with E-state index in [0.717, 1.165) is 5.56 Å². The van der Waals surface area contributed by atoms with E-state index in [0.29, 0.717) is 17.9 Å². The van der Waals surface area contributed by atoms with Crippen molar-refractivity contribution in [3.05, 3.63) is 29.6 Å². The highest BCUT2D eigenvalue weighted by atomic mass is 32.2. The molecule has 6 nitrogen and oxygen atoms in total. The Bertz CT molecular complexity index is 473. The van der Waals surface area contributed by atoms with Gasteiger partial charge in [-0.05, 0) is 11.6 Å². The van der Waals surface area contributed by atoms with E-state index in [1.165, 1.54) is 18.0 Å². The molecule has 1 aromatic heterocycles. The molecule has 1 unspecified atom stereocenters. The van der Waals surface area contributed by atoms with Gasteiger partial charge in [-0.2, -0.15) is 17.0 Å². The van der Waals surface area contributed by atoms with Gasteiger partial charge in [-0.15, -0.1) is 0 Å². The largest absolute Gasteiger partial charge is 0.480 e. The Morgan fingerprint density at radius 3 is 3.11 bits per heavy atom. The molecule has 18 heavy (non-hydrogen) atoms. The summed E-state index contributed by atoms with van der Waals surface area (Å²) >= 11 is 1.32. The van der Waals surface area contributed by atoms with E-state index >= 15 is 0 Å². The number of aliphatic carboxylic acids is 1. The number of nitriles is 1. The molecule has 1 rings (SSSR count). The van der Waals surface area contributed by atoms with Crippen LogP contribution in [0.1, 0.15) is 11.3 Å². The molecule has 0 aliphatic heterocycles. The van der Waals surface area contributed by atoms with Crippen LogP contribution >= 0.6 is 11.8 Å². The Balaban J connectivity index is 2.53. The first-order chi connectivity index (χ1) is 8.69. The lowest BCUT2D eigenvalue weighted by Gasteiger charge is -2.10. The van der Waals surface area contributed by atoms with Gasteiger partial charge in [0, 0.05) is 17.7 Å². The molecule has 94 valence electrons. The van der Waals surface area contributed by atoms with E-state index in [1.54, 1.807) is 12.1 Å². The van der Waals surface area contributed by atoms with Crippen molar-refractivity contribution >= 4 is 24.1 Å². The number of nitrogens with one attached hydrogen (secondary N) is 1. The van der Waals surface area contributed by atoms with E-state index in [1.807, 2.05) is 6.07 Å². The number of thioether (sulfide) groups is 1. The third kappa shape index (κ3) is 4.07. The average Bonchev–Trinajstić information content (AvgIpc) is 2.38. The summed E-state index contributed by atoms with van der Waals surface area (Å²) in [4.78, 5) is 24.9. The number of hydrogen-bond acceptors (Lipinski definition) is 5. The van der Waals surface area contributed by atoms with Crippen molar-refractivity contribution in [3.63, 3.8) is 0 Å². The molecule has 7 heteroatoms. The van der Waals surface area contributed by atoms with Gasteiger partial charge in [0.2, 0.25) is 6.41 Å². The highest BCUT2D eigenvalue weighted by Crippen LogP contribution is 2.15. The molecule has 0 saturated heterocycles. The Morgan fingerprint density at radius 1 is 1.72 bits per heavy atom. The fourth-order valence-electron chi connectivity index (χ4n) is 1.22. The fourth-order valence-corrected chi connectivity index (χ4v) is 2.26. The van der Waals surface area contributed by atoms with Crippen LogP contribution in [0.25, 0.3) is 0 Å². The first-order valence-corrected chi connectivity index (χ1v) is 6.18. The monoisotopic (exact) mass is 265 g/mol. The highest BCUT2D eigenvalue weighted by Gasteiger charge is 2.16. The molecule has 0 spiro atoms. The van der Waals surface area contributed by atoms with E-state index in [9.17, 15) is 9.59 Å². The third-order valence-corrected chi connectivity index (χ3v) is 3.19. The number of carbonyl (C=O) groups is 2. The number of nitrogens with zero attached hydrogens (tertiary/aromatic N) is 2. The van der Waals surface area contributed by atoms with Gasteiger partial charge in [0.15, 0.2) is 0 Å². The lowest BCUT2D eigenvalue weighted by molar-refractivity contribution is -0.139. The number of aromatic nitrogens is 1. The molecule has 1 aromatic rings. The molecule has 0 saturated carbocycles. The predicted octanol–water partition coefficient (Wildman–Crippen LogP) is 0.386. The molecule has 1 amide bonds. The highest BCUT2D eigenvalue weighted by molar-refractivity contribution is 7.98. The van der Waals surface area contributed by atoms with E-state index < -0.39 is 12.0 Å². The molecule has 0 bridgehead atoms. The number of carboxylic acid groups (broad SMARTS) is 1. The van der Waals surface area contributed by atoms with E-state index in [-0.39, 0.29) is 5.75 Å². The van der Waals surface area contributed by atoms with E-state index in [2.05, 4.69) is 10.3 Å². The summed E-state index contributed by atoms with van der Waals surface area (Å²) in [6.45, 7) is 0. The molecule has 0 aliphatic rings. The molecule has 0 aliphatic carbocycles. The topological polar surface area (TPSA) is 103 Å². The summed E-state index contributed by atoms with van der Waals surface area (Å²) in [6, 6.07) is 4.53. The first-order valence-electron chi connectivity index (χ1n) is 5.03. The van der Waals surface area contributed by atoms with Crippen molar-refractivity contribution in [1.29, 1.82) is 5.26 Å². The third-order valence-electron chi connectivity index (χ3n) is 2.11. The molecular formula is C11H11N3O3S. The van der Waals surface area contributed by atoms with Gasteiger partial charge in [-0.3, -0.25) is 4.79 Å². The number of amides is 1. The lowest BCUT2D eigenvalue weighted by atomic mass is 10.2. The molecule has 1 atom stereocenters. The smallest absolute Gasteiger partial charge is 0.327 e. The Hall–Kier alpha value is -2.07. The first kappa shape index (κ1) is 14.0. The van der Waals surface area contributed by atoms with Gasteiger partial charge in [0.1, 0.15) is 17.8 Å². The van der Waals surface area contributed by atoms with Crippen LogP contribution in [0.2, 0.25) is 0 Å². The van der Waals surface area contributed by atoms with Crippen LogP contribution in [0.4, 0.5) is 0 Å². The predicted molar refractivity (Wildman–Crippen MR) is 65.7 cm³/mol. The second kappa shape index (κ2) is 7.29. The fraction of sp³-hybridized carbons (Fsp3) is 0.273. The summed E-state index contributed by atoms with van der Waals surface area (Å²) in [5.74, 6) is -0.379. The van der Waals surface area contributed by atoms with Crippen molar-refractivity contribution < 1.29 is 14.7 Å². The van der Waals surface area contributed by atoms with Crippen molar-refractivity contribution in [2.24, 2.45) is 0 Å². The maximum atomic E-state index is 10.8. The van der Waals surface area contributed by atoms with Crippen LogP contribution in [-0.2, 0) is 15.3 Å². The van der Waals surface area contributed by atoms with Crippen molar-refractivity contribution in [1.82, 2.24) is 10.3 Å². The van der Waals surface area contributed by atoms with Crippen LogP contribution in [0, 0.1) is 11.3 Å². The summed E-state index contributed by atoms with van der Waals surface area (Å²) in [5.41, 5.74) is 1.08. The minimum absolute atomic E-state index is 0.230. The van der Waals surface area contributed by atoms with Crippen LogP contribution in [0.5, 0.6) is 0 Å². The normalized spacial score (nSPS) is 11.3. The standard InChI is InChI=1S/C11H11N3O3S/c12-4-9-8(2-1-3-13-9)5-18-6-10(11(16)17)14-7-15/h1-3,7,10H,5-6H2,(H,14,15)(H,16,17). The maximum Gasteiger partial charge on any atom is 0.327 e. The number of rotatable bonds is 7. The zero-order valence-corrected chi connectivity index (χ0v) is 10.2. The van der Waals surface area contributed by atoms with Crippen LogP contribution in [0.3, 0.4) is 0 Å². The second-order valence-electron chi connectivity index (χ2n) is 3.31. The summed E-state index contributed by atoms with van der Waals surface area (Å²) in [7, 11) is 0. The van der Waals surface area contributed by atoms with Gasteiger partial charge < -0.3 is 10.4 Å². The molecular weight excluding hydrogens is 254 g/mol. The zero-order valence-electron chi connectivity index (χ0n) is 9.37. The zero-order chi connectivity index (χ0) is 13.4. The van der Waals surface area contributed by atoms with Crippen LogP contribution < -0.4 is 5.32 Å². The second-order valence-corrected chi connectivity index (χ2v) is 4.34. The summed E-state index contributed by atoms with van der Waals surface area (Å²) < 4.78 is 0. The summed E-state index contributed by atoms with van der Waals surface area (Å²) in [6.07, 6.45) is 1.89. The van der Waals surface area contributed by atoms with Crippen LogP contribution in [0.15, 0.2) is 18.3 Å². The minimum atomic E-state index is -1.08. The van der Waals surface area contributed by atoms with Gasteiger partial charge >= 0.3 is 5.97 Å². The van der Waals surface area contributed by atoms with Gasteiger partial charge in [-0.1, -0.05) is 6.07 Å². The SMILES string of the molecule is N#Cc1ncccc1CSCC(NC=O)C(=O)O. The number of hydrogen-bond donors (Lipinski definition) is 2. The van der Waals surface area contributed by atoms with Crippen molar-refractivity contribution in [3.8, 4) is 6.07 Å². The summed E-state index contributed by atoms with van der Waals surface area (Å²) in [5, 5.41) is 19.8. The number of carboxylic acids is 1. The van der Waals surface area contributed by atoms with Gasteiger partial charge in [0.25, 0.3) is 0 Å². The van der Waals surface area contributed by atoms with Crippen LogP contribution in [-0.4, -0.2) is 34.3 Å². The Labute approximate surface area is 108 Å². The average molecular weight is 265 g/mol. The minimum Gasteiger partial charge on any atom is -0.480 e. The lowest BCUT2D eigenvalue weighted by Crippen LogP contribution is -2.37. The van der Waals surface area contributed by atoms with E-state index in [4.69, 9.17) is 10.4 Å². The van der Waals surface area contributed by atoms with Gasteiger partial charge in [-0.25, -0.2) is 9.78 Å². The molecule has 0 aromatic carbocycles. The molecule has 2 N–H and O–H groups in total.